The molecule has 1 unspecified atom stereocenters. The van der Waals surface area contributed by atoms with Crippen LogP contribution in [0.15, 0.2) is 0 Å². The van der Waals surface area contributed by atoms with Crippen LogP contribution in [0.25, 0.3) is 0 Å². The third kappa shape index (κ3) is 4.33. The summed E-state index contributed by atoms with van der Waals surface area (Å²) >= 11 is 2.83. The molecule has 0 aliphatic heterocycles. The Bertz CT molecular complexity index is 89.6. The molecule has 1 nitrogen and oxygen atoms in total. The van der Waals surface area contributed by atoms with Crippen molar-refractivity contribution in [2.24, 2.45) is 11.7 Å². The van der Waals surface area contributed by atoms with E-state index in [4.69, 9.17) is 5.73 Å². The van der Waals surface area contributed by atoms with E-state index in [1.54, 1.807) is 0 Å². The van der Waals surface area contributed by atoms with Crippen LogP contribution in [0, 0.1) is 5.92 Å². The van der Waals surface area contributed by atoms with Gasteiger partial charge < -0.3 is 0 Å². The van der Waals surface area contributed by atoms with Gasteiger partial charge in [-0.1, -0.05) is 0 Å². The third-order valence-electron chi connectivity index (χ3n) is 1.34. The van der Waals surface area contributed by atoms with Gasteiger partial charge in [0.05, 0.1) is 0 Å². The molecule has 0 saturated heterocycles. The first-order valence-electron chi connectivity index (χ1n) is 3.43. The summed E-state index contributed by atoms with van der Waals surface area (Å²) in [6.07, 6.45) is 1.29. The Morgan fingerprint density at radius 2 is 2.10 bits per heavy atom. The van der Waals surface area contributed by atoms with Crippen molar-refractivity contribution in [3.63, 3.8) is 0 Å². The average molecular weight is 368 g/mol. The van der Waals surface area contributed by atoms with Gasteiger partial charge in [0.2, 0.25) is 0 Å². The van der Waals surface area contributed by atoms with Crippen LogP contribution in [0.3, 0.4) is 0 Å². The molecule has 0 aromatic rings. The normalized spacial score (nSPS) is 17.8. The molecular formula is C7H16I2N-. The van der Waals surface area contributed by atoms with Crippen molar-refractivity contribution in [2.45, 2.75) is 21.7 Å². The van der Waals surface area contributed by atoms with Crippen LogP contribution in [-0.4, -0.2) is 12.9 Å². The predicted molar refractivity (Wildman–Crippen MR) is 51.2 cm³/mol. The summed E-state index contributed by atoms with van der Waals surface area (Å²) in [4.78, 5) is 2.32. The molecule has 3 heteroatoms. The zero-order chi connectivity index (χ0) is 8.20. The predicted octanol–water partition coefficient (Wildman–Crippen LogP) is -1.16. The molecular weight excluding hydrogens is 352 g/mol. The van der Waals surface area contributed by atoms with Gasteiger partial charge in [0.15, 0.2) is 0 Å². The Balaban J connectivity index is 3.80. The molecule has 10 heavy (non-hydrogen) atoms. The van der Waals surface area contributed by atoms with Gasteiger partial charge in [-0.25, -0.2) is 0 Å². The van der Waals surface area contributed by atoms with Crippen molar-refractivity contribution in [1.29, 1.82) is 0 Å². The molecule has 0 aliphatic carbocycles. The molecule has 0 aromatic carbocycles. The summed E-state index contributed by atoms with van der Waals surface area (Å²) in [5.74, 6) is 0.792. The van der Waals surface area contributed by atoms with Gasteiger partial charge >= 0.3 is 88.6 Å². The number of halogens is 2. The molecule has 1 atom stereocenters. The number of alkyl halides is 3. The molecule has 0 aromatic heterocycles. The van der Waals surface area contributed by atoms with Crippen molar-refractivity contribution in [3.05, 3.63) is 0 Å². The molecule has 64 valence electrons. The van der Waals surface area contributed by atoms with Crippen LogP contribution in [0.4, 0.5) is 0 Å². The summed E-state index contributed by atoms with van der Waals surface area (Å²) in [6.45, 7) is 5.39. The van der Waals surface area contributed by atoms with Gasteiger partial charge in [0.1, 0.15) is 0 Å². The zero-order valence-corrected chi connectivity index (χ0v) is 11.1. The van der Waals surface area contributed by atoms with E-state index >= 15 is 0 Å². The molecule has 0 rings (SSSR count). The topological polar surface area (TPSA) is 26.0 Å². The summed E-state index contributed by atoms with van der Waals surface area (Å²) in [6, 6.07) is 0. The van der Waals surface area contributed by atoms with E-state index in [0.717, 1.165) is 12.5 Å². The van der Waals surface area contributed by atoms with E-state index in [2.05, 4.69) is 41.4 Å². The van der Waals surface area contributed by atoms with E-state index < -0.39 is 0 Å². The zero-order valence-electron chi connectivity index (χ0n) is 6.82. The Kier molecular flexibility index (Phi) is 5.86. The van der Waals surface area contributed by atoms with E-state index in [9.17, 15) is 0 Å². The molecule has 0 spiro atoms. The average Bonchev–Trinajstić information content (AvgIpc) is 1.87. The fourth-order valence-corrected chi connectivity index (χ4v) is 3.48. The van der Waals surface area contributed by atoms with E-state index in [0.29, 0.717) is 1.43 Å². The van der Waals surface area contributed by atoms with E-state index in [1.807, 2.05) is 0 Å². The maximum atomic E-state index is 5.69. The summed E-state index contributed by atoms with van der Waals surface area (Å²) in [5.41, 5.74) is 5.69. The number of hydrogen-bond acceptors (Lipinski definition) is 1. The molecule has 0 saturated carbocycles. The van der Waals surface area contributed by atoms with Crippen LogP contribution >= 0.6 is 22.6 Å². The summed E-state index contributed by atoms with van der Waals surface area (Å²) in [5, 5.41) is 0. The van der Waals surface area contributed by atoms with Gasteiger partial charge in [-0.2, -0.15) is 0 Å². The first-order chi connectivity index (χ1) is 4.54. The second-order valence-corrected chi connectivity index (χ2v) is 10.1. The summed E-state index contributed by atoms with van der Waals surface area (Å²) in [7, 11) is 0. The molecule has 2 N–H and O–H groups in total. The van der Waals surface area contributed by atoms with Crippen molar-refractivity contribution in [1.82, 2.24) is 0 Å². The van der Waals surface area contributed by atoms with E-state index in [1.165, 1.54) is 6.42 Å². The van der Waals surface area contributed by atoms with Crippen molar-refractivity contribution < 1.29 is 21.2 Å². The second-order valence-electron chi connectivity index (χ2n) is 2.85. The molecule has 0 fully saturated rings. The molecule has 0 aliphatic rings. The fourth-order valence-electron chi connectivity index (χ4n) is 0.835. The molecule has 0 heterocycles. The monoisotopic (exact) mass is 368 g/mol. The molecule has 0 bridgehead atoms. The first-order valence-corrected chi connectivity index (χ1v) is 7.75. The minimum atomic E-state index is 0.286. The minimum absolute atomic E-state index is 0.286. The van der Waals surface area contributed by atoms with Crippen LogP contribution in [0.2, 0.25) is 0 Å². The standard InChI is InChI=1S/C7H16I2N/c1-6(2)4-7(8,5-10)9-3/h6H,4-5,10H2,1-3H3/q-1. The first kappa shape index (κ1) is 11.4. The van der Waals surface area contributed by atoms with Crippen LogP contribution < -0.4 is 26.9 Å². The SMILES string of the molecule is C[I-]C(I)(CN)CC(C)C. The van der Waals surface area contributed by atoms with Gasteiger partial charge in [0.25, 0.3) is 0 Å². The van der Waals surface area contributed by atoms with Crippen LogP contribution in [0.1, 0.15) is 20.3 Å². The number of nitrogens with two attached hydrogens (primary N) is 1. The Labute approximate surface area is 87.9 Å². The van der Waals surface area contributed by atoms with Gasteiger partial charge in [-0.15, -0.1) is 0 Å². The number of hydrogen-bond donors (Lipinski definition) is 1. The fraction of sp³-hybridized carbons (Fsp3) is 1.00. The second kappa shape index (κ2) is 5.13. The molecule has 0 radical (unpaired) electrons. The third-order valence-corrected chi connectivity index (χ3v) is 7.77. The van der Waals surface area contributed by atoms with Crippen molar-refractivity contribution in [2.75, 3.05) is 11.5 Å². The summed E-state index contributed by atoms with van der Waals surface area (Å²) < 4.78 is 0.463. The Morgan fingerprint density at radius 1 is 1.60 bits per heavy atom. The maximum absolute atomic E-state index is 5.69. The van der Waals surface area contributed by atoms with Gasteiger partial charge in [-0.05, 0) is 0 Å². The van der Waals surface area contributed by atoms with Crippen LogP contribution in [0.5, 0.6) is 0 Å². The van der Waals surface area contributed by atoms with Gasteiger partial charge in [0, 0.05) is 0 Å². The number of rotatable bonds is 4. The van der Waals surface area contributed by atoms with Crippen LogP contribution in [-0.2, 0) is 0 Å². The van der Waals surface area contributed by atoms with Crippen molar-refractivity contribution in [3.8, 4) is 0 Å². The molecule has 0 amide bonds. The van der Waals surface area contributed by atoms with Crippen molar-refractivity contribution >= 4 is 22.6 Å². The quantitative estimate of drug-likeness (QED) is 0.492. The Hall–Kier alpha value is 1.42. The Morgan fingerprint density at radius 3 is 2.20 bits per heavy atom. The van der Waals surface area contributed by atoms with E-state index in [-0.39, 0.29) is 21.2 Å². The van der Waals surface area contributed by atoms with Gasteiger partial charge in [-0.3, -0.25) is 0 Å².